The highest BCUT2D eigenvalue weighted by atomic mass is 16.5. The van der Waals surface area contributed by atoms with E-state index in [2.05, 4.69) is 10.6 Å². The fourth-order valence-electron chi connectivity index (χ4n) is 0.750. The minimum atomic E-state index is -1.56. The lowest BCUT2D eigenvalue weighted by atomic mass is 9.87. The van der Waals surface area contributed by atoms with E-state index in [0.29, 0.717) is 0 Å². The van der Waals surface area contributed by atoms with Crippen molar-refractivity contribution in [2.24, 2.45) is 16.2 Å². The number of carbonyl (C=O) groups excluding carboxylic acids is 2. The quantitative estimate of drug-likeness (QED) is 0.497. The zero-order valence-electron chi connectivity index (χ0n) is 17.7. The fourth-order valence-corrected chi connectivity index (χ4v) is 0.750. The number of amides is 2. The van der Waals surface area contributed by atoms with Gasteiger partial charge in [0.15, 0.2) is 5.79 Å². The number of hydrogen-bond acceptors (Lipinski definition) is 4. The van der Waals surface area contributed by atoms with Crippen LogP contribution in [0.25, 0.3) is 0 Å². The third kappa shape index (κ3) is 17.5. The van der Waals surface area contributed by atoms with Crippen molar-refractivity contribution in [2.75, 3.05) is 14.1 Å². The third-order valence-electron chi connectivity index (χ3n) is 3.24. The van der Waals surface area contributed by atoms with Crippen LogP contribution in [0.2, 0.25) is 0 Å². The molecule has 154 valence electrons. The van der Waals surface area contributed by atoms with E-state index >= 15 is 0 Å². The molecule has 0 atom stereocenters. The highest BCUT2D eigenvalue weighted by molar-refractivity contribution is 5.81. The molecule has 0 saturated heterocycles. The van der Waals surface area contributed by atoms with Crippen LogP contribution in [-0.4, -0.2) is 41.9 Å². The summed E-state index contributed by atoms with van der Waals surface area (Å²) in [6.07, 6.45) is 0. The summed E-state index contributed by atoms with van der Waals surface area (Å²) in [5.41, 5.74) is -0.934. The van der Waals surface area contributed by atoms with E-state index in [1.165, 1.54) is 6.92 Å². The molecule has 6 nitrogen and oxygen atoms in total. The average Bonchev–Trinajstić information content (AvgIpc) is 2.33. The maximum absolute atomic E-state index is 10.7. The fraction of sp³-hybridized carbons (Fsp3) is 0.895. The van der Waals surface area contributed by atoms with Gasteiger partial charge in [-0.2, -0.15) is 0 Å². The Morgan fingerprint density at radius 1 is 0.640 bits per heavy atom. The second-order valence-corrected chi connectivity index (χ2v) is 8.93. The molecule has 4 N–H and O–H groups in total. The summed E-state index contributed by atoms with van der Waals surface area (Å²) in [7, 11) is 3.29. The van der Waals surface area contributed by atoms with Gasteiger partial charge < -0.3 is 20.8 Å². The lowest BCUT2D eigenvalue weighted by molar-refractivity contribution is -0.212. The first-order valence-electron chi connectivity index (χ1n) is 8.11. The number of rotatable bonds is 0. The molecule has 0 aliphatic carbocycles. The lowest BCUT2D eigenvalue weighted by Crippen LogP contribution is -2.39. The molecule has 0 rings (SSSR count). The number of aliphatic hydroxyl groups is 2. The van der Waals surface area contributed by atoms with E-state index in [1.807, 2.05) is 41.5 Å². The third-order valence-corrected chi connectivity index (χ3v) is 3.24. The largest absolute Gasteiger partial charge is 0.365 e. The SMILES string of the molecule is C.CC(C)(C)C(C)(O)O.CNC(=O)C(C)(C)C.CNC(=O)C(C)(C)C. The van der Waals surface area contributed by atoms with Crippen molar-refractivity contribution in [3.8, 4) is 0 Å². The molecule has 0 radical (unpaired) electrons. The van der Waals surface area contributed by atoms with Gasteiger partial charge in [0.25, 0.3) is 0 Å². The molecule has 0 spiro atoms. The van der Waals surface area contributed by atoms with Gasteiger partial charge in [-0.25, -0.2) is 0 Å². The Labute approximate surface area is 155 Å². The summed E-state index contributed by atoms with van der Waals surface area (Å²) in [4.78, 5) is 21.4. The minimum Gasteiger partial charge on any atom is -0.365 e. The predicted octanol–water partition coefficient (Wildman–Crippen LogP) is 2.93. The molecular formula is C19H44N2O4. The van der Waals surface area contributed by atoms with Crippen molar-refractivity contribution in [3.63, 3.8) is 0 Å². The Morgan fingerprint density at radius 2 is 0.800 bits per heavy atom. The number of carbonyl (C=O) groups is 2. The van der Waals surface area contributed by atoms with Crippen molar-refractivity contribution in [1.29, 1.82) is 0 Å². The van der Waals surface area contributed by atoms with Crippen LogP contribution in [0.15, 0.2) is 0 Å². The molecule has 0 aliphatic heterocycles. The van der Waals surface area contributed by atoms with Crippen LogP contribution >= 0.6 is 0 Å². The normalized spacial score (nSPS) is 11.6. The lowest BCUT2D eigenvalue weighted by Gasteiger charge is -2.31. The van der Waals surface area contributed by atoms with Crippen molar-refractivity contribution in [1.82, 2.24) is 10.6 Å². The van der Waals surface area contributed by atoms with Crippen LogP contribution in [0.5, 0.6) is 0 Å². The molecule has 25 heavy (non-hydrogen) atoms. The van der Waals surface area contributed by atoms with Gasteiger partial charge in [0.05, 0.1) is 0 Å². The van der Waals surface area contributed by atoms with Crippen molar-refractivity contribution >= 4 is 11.8 Å². The molecule has 6 heteroatoms. The highest BCUT2D eigenvalue weighted by Gasteiger charge is 2.32. The Kier molecular flexibility index (Phi) is 14.5. The first-order chi connectivity index (χ1) is 10.2. The second kappa shape index (κ2) is 11.5. The smallest absolute Gasteiger partial charge is 0.225 e. The Hall–Kier alpha value is -1.14. The summed E-state index contributed by atoms with van der Waals surface area (Å²) < 4.78 is 0. The first-order valence-corrected chi connectivity index (χ1v) is 8.11. The Balaban J connectivity index is -0.000000130. The van der Waals surface area contributed by atoms with Gasteiger partial charge in [-0.05, 0) is 6.92 Å². The van der Waals surface area contributed by atoms with E-state index in [0.717, 1.165) is 0 Å². The van der Waals surface area contributed by atoms with E-state index in [1.54, 1.807) is 34.9 Å². The van der Waals surface area contributed by atoms with E-state index in [-0.39, 0.29) is 30.1 Å². The maximum Gasteiger partial charge on any atom is 0.225 e. The van der Waals surface area contributed by atoms with E-state index < -0.39 is 11.2 Å². The molecule has 2 amide bonds. The van der Waals surface area contributed by atoms with Gasteiger partial charge in [-0.15, -0.1) is 0 Å². The molecule has 0 aliphatic rings. The standard InChI is InChI=1S/2C6H13NO.C6H14O2.CH4/c2*1-6(2,3)5(8)7-4;1-5(2,3)6(4,7)8;/h2*1-4H3,(H,7,8);7-8H,1-4H3;1H4. The predicted molar refractivity (Wildman–Crippen MR) is 106 cm³/mol. The van der Waals surface area contributed by atoms with Gasteiger partial charge in [-0.1, -0.05) is 69.7 Å². The molecule has 0 heterocycles. The van der Waals surface area contributed by atoms with E-state index in [4.69, 9.17) is 10.2 Å². The average molecular weight is 365 g/mol. The summed E-state index contributed by atoms with van der Waals surface area (Å²) >= 11 is 0. The first kappa shape index (κ1) is 31.6. The minimum absolute atomic E-state index is 0. The molecule has 0 bridgehead atoms. The van der Waals surface area contributed by atoms with Crippen molar-refractivity contribution in [2.45, 2.75) is 82.5 Å². The Morgan fingerprint density at radius 3 is 0.800 bits per heavy atom. The molecule has 0 aromatic heterocycles. The van der Waals surface area contributed by atoms with Crippen LogP contribution < -0.4 is 10.6 Å². The van der Waals surface area contributed by atoms with Gasteiger partial charge in [0, 0.05) is 30.3 Å². The summed E-state index contributed by atoms with van der Waals surface area (Å²) in [5, 5.41) is 23.0. The van der Waals surface area contributed by atoms with Gasteiger partial charge in [0.1, 0.15) is 0 Å². The van der Waals surface area contributed by atoms with Crippen molar-refractivity contribution < 1.29 is 19.8 Å². The van der Waals surface area contributed by atoms with Crippen LogP contribution in [0, 0.1) is 16.2 Å². The van der Waals surface area contributed by atoms with Crippen LogP contribution in [0.4, 0.5) is 0 Å². The van der Waals surface area contributed by atoms with Crippen LogP contribution in [0.1, 0.15) is 76.7 Å². The number of hydrogen-bond donors (Lipinski definition) is 4. The topological polar surface area (TPSA) is 98.7 Å². The monoisotopic (exact) mass is 364 g/mol. The van der Waals surface area contributed by atoms with Gasteiger partial charge in [-0.3, -0.25) is 9.59 Å². The molecule has 0 aromatic carbocycles. The molecule has 0 fully saturated rings. The summed E-state index contributed by atoms with van der Waals surface area (Å²) in [6, 6.07) is 0. The maximum atomic E-state index is 10.7. The molecule has 0 saturated carbocycles. The molecule has 0 unspecified atom stereocenters. The van der Waals surface area contributed by atoms with E-state index in [9.17, 15) is 9.59 Å². The zero-order chi connectivity index (χ0) is 20.6. The molecular weight excluding hydrogens is 320 g/mol. The highest BCUT2D eigenvalue weighted by Crippen LogP contribution is 2.26. The van der Waals surface area contributed by atoms with Gasteiger partial charge >= 0.3 is 0 Å². The Bertz CT molecular complexity index is 340. The zero-order valence-corrected chi connectivity index (χ0v) is 17.7. The number of nitrogens with one attached hydrogen (secondary N) is 2. The summed E-state index contributed by atoms with van der Waals surface area (Å²) in [5.74, 6) is -1.40. The van der Waals surface area contributed by atoms with Crippen molar-refractivity contribution in [3.05, 3.63) is 0 Å². The second-order valence-electron chi connectivity index (χ2n) is 8.93. The summed E-state index contributed by atoms with van der Waals surface area (Å²) in [6.45, 7) is 18.0. The molecule has 0 aromatic rings. The van der Waals surface area contributed by atoms with Crippen LogP contribution in [0.3, 0.4) is 0 Å². The van der Waals surface area contributed by atoms with Crippen LogP contribution in [-0.2, 0) is 9.59 Å². The van der Waals surface area contributed by atoms with Gasteiger partial charge in [0.2, 0.25) is 11.8 Å².